The molecule has 2 aromatic carbocycles. The number of para-hydroxylation sites is 1. The summed E-state index contributed by atoms with van der Waals surface area (Å²) in [6.07, 6.45) is -3.97. The predicted octanol–water partition coefficient (Wildman–Crippen LogP) is 4.35. The number of nitrogens with one attached hydrogen (secondary N) is 2. The van der Waals surface area contributed by atoms with Gasteiger partial charge in [0.1, 0.15) is 30.3 Å². The molecule has 53 heavy (non-hydrogen) atoms. The minimum Gasteiger partial charge on any atom is -0.504 e. The molecule has 3 amide bonds. The Kier molecular flexibility index (Phi) is 9.19. The third-order valence-corrected chi connectivity index (χ3v) is 9.40. The zero-order valence-electron chi connectivity index (χ0n) is 28.5. The second-order valence-corrected chi connectivity index (χ2v) is 12.8. The first kappa shape index (κ1) is 35.6. The van der Waals surface area contributed by atoms with Crippen molar-refractivity contribution in [3.63, 3.8) is 0 Å². The molecule has 5 heterocycles. The number of hydrazine groups is 1. The molecule has 1 unspecified atom stereocenters. The number of rotatable bonds is 7. The topological polar surface area (TPSA) is 173 Å². The minimum absolute atomic E-state index is 0.0284. The number of hydrogen-bond donors (Lipinski definition) is 3. The predicted molar refractivity (Wildman–Crippen MR) is 184 cm³/mol. The van der Waals surface area contributed by atoms with E-state index in [2.05, 4.69) is 25.7 Å². The van der Waals surface area contributed by atoms with E-state index >= 15 is 0 Å². The number of nitrogens with zero attached hydrogens (tertiary/aromatic N) is 8. The molecule has 2 aromatic heterocycles. The number of carbonyl (C=O) groups excluding carboxylic acids is 3. The molecule has 3 aliphatic heterocycles. The Morgan fingerprint density at radius 1 is 1.11 bits per heavy atom. The normalized spacial score (nSPS) is 17.8. The molecule has 1 saturated heterocycles. The van der Waals surface area contributed by atoms with E-state index in [0.29, 0.717) is 28.3 Å². The van der Waals surface area contributed by atoms with Gasteiger partial charge in [-0.05, 0) is 37.6 Å². The second kappa shape index (κ2) is 13.7. The number of oxazole rings is 1. The molecule has 0 bridgehead atoms. The number of allylic oxidation sites excluding steroid dienone is 1. The Morgan fingerprint density at radius 2 is 1.87 bits per heavy atom. The number of aromatic hydroxyl groups is 1. The fourth-order valence-electron chi connectivity index (χ4n) is 6.51. The molecular weight excluding hydrogens is 721 g/mol. The maximum Gasteiger partial charge on any atom is 0.416 e. The van der Waals surface area contributed by atoms with Gasteiger partial charge in [-0.2, -0.15) is 18.6 Å². The number of benzene rings is 2. The molecule has 3 aliphatic rings. The molecule has 276 valence electrons. The van der Waals surface area contributed by atoms with Gasteiger partial charge in [0.25, 0.3) is 11.8 Å². The number of halogens is 4. The summed E-state index contributed by atoms with van der Waals surface area (Å²) in [5.41, 5.74) is 4.66. The maximum atomic E-state index is 14.4. The van der Waals surface area contributed by atoms with Crippen LogP contribution >= 0.6 is 11.6 Å². The van der Waals surface area contributed by atoms with Crippen LogP contribution in [0.15, 0.2) is 63.5 Å². The van der Waals surface area contributed by atoms with Gasteiger partial charge in [0, 0.05) is 38.7 Å². The minimum atomic E-state index is -4.62. The van der Waals surface area contributed by atoms with Crippen LogP contribution in [0, 0.1) is 13.8 Å². The van der Waals surface area contributed by atoms with Crippen molar-refractivity contribution in [2.24, 2.45) is 4.99 Å². The summed E-state index contributed by atoms with van der Waals surface area (Å²) in [4.78, 5) is 63.3. The smallest absolute Gasteiger partial charge is 0.416 e. The first-order valence-electron chi connectivity index (χ1n) is 16.5. The number of carbonyl (C=O) groups is 3. The van der Waals surface area contributed by atoms with Crippen LogP contribution in [0.2, 0.25) is 5.02 Å². The number of aryl methyl sites for hydroxylation is 2. The van der Waals surface area contributed by atoms with E-state index in [1.807, 2.05) is 11.8 Å². The van der Waals surface area contributed by atoms with E-state index in [1.165, 1.54) is 16.2 Å². The number of aliphatic imine (C=N–C) groups is 1. The van der Waals surface area contributed by atoms with Crippen LogP contribution in [0.5, 0.6) is 5.75 Å². The van der Waals surface area contributed by atoms with Gasteiger partial charge in [-0.3, -0.25) is 14.4 Å². The Hall–Kier alpha value is -5.75. The lowest BCUT2D eigenvalue weighted by Crippen LogP contribution is -2.59. The lowest BCUT2D eigenvalue weighted by atomic mass is 10.1. The number of alkyl halides is 3. The summed E-state index contributed by atoms with van der Waals surface area (Å²) < 4.78 is 45.6. The number of amides is 3. The number of hydrogen-bond acceptors (Lipinski definition) is 12. The highest BCUT2D eigenvalue weighted by atomic mass is 35.5. The van der Waals surface area contributed by atoms with Gasteiger partial charge >= 0.3 is 6.18 Å². The molecule has 0 saturated carbocycles. The lowest BCUT2D eigenvalue weighted by Gasteiger charge is -2.43. The van der Waals surface area contributed by atoms with Gasteiger partial charge in [-0.25, -0.2) is 25.0 Å². The van der Waals surface area contributed by atoms with Crippen LogP contribution < -0.4 is 10.7 Å². The second-order valence-electron chi connectivity index (χ2n) is 12.4. The summed E-state index contributed by atoms with van der Waals surface area (Å²) in [6, 6.07) is 7.97. The molecule has 19 heteroatoms. The van der Waals surface area contributed by atoms with Crippen molar-refractivity contribution >= 4 is 52.1 Å². The highest BCUT2D eigenvalue weighted by Crippen LogP contribution is 2.36. The van der Waals surface area contributed by atoms with Gasteiger partial charge in [-0.1, -0.05) is 30.7 Å². The lowest BCUT2D eigenvalue weighted by molar-refractivity contribution is -0.137. The number of anilines is 1. The largest absolute Gasteiger partial charge is 0.504 e. The summed E-state index contributed by atoms with van der Waals surface area (Å²) in [7, 11) is 0. The Balaban J connectivity index is 1.20. The molecule has 4 aromatic rings. The van der Waals surface area contributed by atoms with Crippen molar-refractivity contribution in [2.45, 2.75) is 39.5 Å². The van der Waals surface area contributed by atoms with Crippen LogP contribution in [0.3, 0.4) is 0 Å². The Bertz CT molecular complexity index is 2220. The molecule has 1 atom stereocenters. The van der Waals surface area contributed by atoms with E-state index in [0.717, 1.165) is 18.2 Å². The van der Waals surface area contributed by atoms with Crippen LogP contribution in [0.25, 0.3) is 11.1 Å². The van der Waals surface area contributed by atoms with E-state index in [-0.39, 0.29) is 72.1 Å². The third-order valence-electron chi connectivity index (χ3n) is 9.09. The van der Waals surface area contributed by atoms with E-state index in [9.17, 15) is 32.7 Å². The average molecular weight is 753 g/mol. The van der Waals surface area contributed by atoms with Gasteiger partial charge in [0.05, 0.1) is 27.7 Å². The van der Waals surface area contributed by atoms with Crippen molar-refractivity contribution in [1.82, 2.24) is 40.1 Å². The van der Waals surface area contributed by atoms with E-state index < -0.39 is 42.2 Å². The van der Waals surface area contributed by atoms with Gasteiger partial charge in [0.2, 0.25) is 11.9 Å². The number of aromatic nitrogens is 3. The highest BCUT2D eigenvalue weighted by molar-refractivity contribution is 6.33. The monoisotopic (exact) mass is 752 g/mol. The highest BCUT2D eigenvalue weighted by Gasteiger charge is 2.45. The quantitative estimate of drug-likeness (QED) is 0.245. The third kappa shape index (κ3) is 6.59. The van der Waals surface area contributed by atoms with Gasteiger partial charge in [-0.15, -0.1) is 0 Å². The van der Waals surface area contributed by atoms with Crippen LogP contribution in [-0.4, -0.2) is 96.2 Å². The van der Waals surface area contributed by atoms with Crippen molar-refractivity contribution in [3.8, 4) is 5.75 Å². The molecular formula is C34H32ClF3N10O5. The average Bonchev–Trinajstić information content (AvgIpc) is 3.74. The zero-order valence-corrected chi connectivity index (χ0v) is 29.3. The summed E-state index contributed by atoms with van der Waals surface area (Å²) >= 11 is 6.14. The van der Waals surface area contributed by atoms with Crippen LogP contribution in [0.1, 0.15) is 52.7 Å². The number of guanidine groups is 1. The first-order valence-corrected chi connectivity index (χ1v) is 16.9. The summed E-state index contributed by atoms with van der Waals surface area (Å²) in [5, 5.41) is 13.9. The van der Waals surface area contributed by atoms with Crippen molar-refractivity contribution in [3.05, 3.63) is 87.5 Å². The van der Waals surface area contributed by atoms with Gasteiger partial charge < -0.3 is 29.5 Å². The van der Waals surface area contributed by atoms with Crippen molar-refractivity contribution in [2.75, 3.05) is 38.0 Å². The summed E-state index contributed by atoms with van der Waals surface area (Å²) in [5.74, 6) is -1.32. The van der Waals surface area contributed by atoms with Crippen molar-refractivity contribution < 1.29 is 37.1 Å². The van der Waals surface area contributed by atoms with Crippen LogP contribution in [0.4, 0.5) is 18.9 Å². The molecule has 15 nitrogen and oxygen atoms in total. The zero-order chi connectivity index (χ0) is 37.8. The molecule has 0 radical (unpaired) electrons. The molecule has 3 N–H and O–H groups in total. The number of fused-ring (bicyclic) bond motifs is 2. The van der Waals surface area contributed by atoms with Crippen molar-refractivity contribution in [1.29, 1.82) is 0 Å². The summed E-state index contributed by atoms with van der Waals surface area (Å²) in [6.45, 7) is 5.52. The molecule has 1 fully saturated rings. The van der Waals surface area contributed by atoms with E-state index in [4.69, 9.17) is 21.0 Å². The van der Waals surface area contributed by atoms with Gasteiger partial charge in [0.15, 0.2) is 22.9 Å². The fourth-order valence-corrected chi connectivity index (χ4v) is 6.74. The SMILES string of the molecule is CCC1=C(N2CCN(C(=O)c3ncnc(C)c3O)CC2)C(=O)N2NC(c3cccc4nc(C)oc34)N=C2N1CC(=O)Nc1ccc(C(F)(F)F)cc1Cl. The van der Waals surface area contributed by atoms with E-state index in [1.54, 1.807) is 36.9 Å². The molecule has 0 spiro atoms. The number of piperazine rings is 1. The standard InChI is InChI=1S/C34H32ClF3N10O5/c1-4-24-27(45-10-12-46(13-11-45)31(51)26-28(50)17(2)39-16-40-26)32(52)48-33(43-30(44-48)20-6-5-7-23-29(20)53-18(3)41-23)47(24)15-25(49)42-22-9-8-19(14-21(22)35)34(36,37)38/h5-9,14,16,30,44,50H,4,10-13,15H2,1-3H3,(H,42,49). The fraction of sp³-hybridized carbons (Fsp3) is 0.324. The van der Waals surface area contributed by atoms with Crippen LogP contribution in [-0.2, 0) is 15.8 Å². The Morgan fingerprint density at radius 3 is 2.57 bits per heavy atom. The Labute approximate surface area is 304 Å². The molecule has 7 rings (SSSR count). The first-order chi connectivity index (χ1) is 25.2. The maximum absolute atomic E-state index is 14.4. The molecule has 0 aliphatic carbocycles.